The molecule has 2 aliphatic rings. The molecular formula is C21H24N6O. The Bertz CT molecular complexity index is 1030. The summed E-state index contributed by atoms with van der Waals surface area (Å²) in [6, 6.07) is 8.60. The second-order valence-electron chi connectivity index (χ2n) is 8.06. The van der Waals surface area contributed by atoms with Gasteiger partial charge in [0.15, 0.2) is 17.3 Å². The molecule has 0 saturated heterocycles. The Hall–Kier alpha value is -2.96. The van der Waals surface area contributed by atoms with E-state index in [2.05, 4.69) is 34.0 Å². The summed E-state index contributed by atoms with van der Waals surface area (Å²) in [7, 11) is 0. The summed E-state index contributed by atoms with van der Waals surface area (Å²) >= 11 is 0. The molecule has 1 aromatic carbocycles. The van der Waals surface area contributed by atoms with Gasteiger partial charge in [0.05, 0.1) is 6.33 Å². The monoisotopic (exact) mass is 376 g/mol. The van der Waals surface area contributed by atoms with Crippen LogP contribution in [0.25, 0.3) is 22.6 Å². The molecule has 28 heavy (non-hydrogen) atoms. The summed E-state index contributed by atoms with van der Waals surface area (Å²) in [4.78, 5) is 26.3. The molecule has 2 heterocycles. The van der Waals surface area contributed by atoms with Crippen molar-refractivity contribution in [3.8, 4) is 11.4 Å². The van der Waals surface area contributed by atoms with E-state index >= 15 is 0 Å². The van der Waals surface area contributed by atoms with E-state index in [1.165, 1.54) is 0 Å². The quantitative estimate of drug-likeness (QED) is 0.687. The number of carbonyl (C=O) groups is 1. The van der Waals surface area contributed by atoms with Crippen LogP contribution in [-0.2, 0) is 0 Å². The average Bonchev–Trinajstić information content (AvgIpc) is 3.61. The van der Waals surface area contributed by atoms with Gasteiger partial charge in [0.1, 0.15) is 5.52 Å². The highest BCUT2D eigenvalue weighted by Crippen LogP contribution is 2.30. The first kappa shape index (κ1) is 17.2. The molecule has 144 valence electrons. The molecule has 1 amide bonds. The number of aromatic nitrogens is 4. The third-order valence-corrected chi connectivity index (χ3v) is 5.21. The van der Waals surface area contributed by atoms with Gasteiger partial charge in [0, 0.05) is 29.3 Å². The first-order valence-corrected chi connectivity index (χ1v) is 10.0. The summed E-state index contributed by atoms with van der Waals surface area (Å²) in [6.45, 7) is 4.23. The zero-order valence-electron chi connectivity index (χ0n) is 16.1. The fourth-order valence-electron chi connectivity index (χ4n) is 3.21. The van der Waals surface area contributed by atoms with Crippen molar-refractivity contribution in [2.75, 3.05) is 5.32 Å². The van der Waals surface area contributed by atoms with Gasteiger partial charge < -0.3 is 15.2 Å². The number of hydrogen-bond acceptors (Lipinski definition) is 5. The Balaban J connectivity index is 1.51. The molecule has 7 nitrogen and oxygen atoms in total. The van der Waals surface area contributed by atoms with Crippen molar-refractivity contribution in [1.82, 2.24) is 24.8 Å². The number of benzene rings is 1. The zero-order valence-corrected chi connectivity index (χ0v) is 16.1. The van der Waals surface area contributed by atoms with Gasteiger partial charge in [-0.3, -0.25) is 4.79 Å². The molecule has 3 aromatic rings. The second kappa shape index (κ2) is 6.58. The fourth-order valence-corrected chi connectivity index (χ4v) is 3.21. The molecule has 5 rings (SSSR count). The van der Waals surface area contributed by atoms with Crippen LogP contribution < -0.4 is 10.6 Å². The smallest absolute Gasteiger partial charge is 0.251 e. The van der Waals surface area contributed by atoms with Gasteiger partial charge in [0.2, 0.25) is 0 Å². The number of imidazole rings is 1. The Kier molecular flexibility index (Phi) is 4.03. The van der Waals surface area contributed by atoms with Crippen LogP contribution in [0.4, 0.5) is 5.82 Å². The van der Waals surface area contributed by atoms with Crippen molar-refractivity contribution in [2.24, 2.45) is 0 Å². The van der Waals surface area contributed by atoms with E-state index in [1.54, 1.807) is 0 Å². The minimum atomic E-state index is -0.0145. The number of amides is 1. The van der Waals surface area contributed by atoms with E-state index in [0.29, 0.717) is 23.5 Å². The third-order valence-electron chi connectivity index (χ3n) is 5.21. The highest BCUT2D eigenvalue weighted by molar-refractivity contribution is 5.95. The third kappa shape index (κ3) is 3.32. The maximum atomic E-state index is 12.2. The van der Waals surface area contributed by atoms with Gasteiger partial charge in [-0.1, -0.05) is 12.1 Å². The van der Waals surface area contributed by atoms with Crippen LogP contribution in [0.3, 0.4) is 0 Å². The predicted octanol–water partition coefficient (Wildman–Crippen LogP) is 3.54. The molecule has 2 aromatic heterocycles. The van der Waals surface area contributed by atoms with Gasteiger partial charge in [-0.25, -0.2) is 15.0 Å². The van der Waals surface area contributed by atoms with Crippen LogP contribution in [0.1, 0.15) is 55.9 Å². The molecule has 7 heteroatoms. The Morgan fingerprint density at radius 2 is 1.79 bits per heavy atom. The van der Waals surface area contributed by atoms with Crippen LogP contribution in [0, 0.1) is 0 Å². The SMILES string of the molecule is CC(C)n1cnc2c(NC3CC3)nc(-c3ccc(C(=O)NC4CC4)cc3)nc21. The summed E-state index contributed by atoms with van der Waals surface area (Å²) < 4.78 is 2.07. The van der Waals surface area contributed by atoms with Gasteiger partial charge in [-0.15, -0.1) is 0 Å². The van der Waals surface area contributed by atoms with E-state index in [0.717, 1.165) is 48.2 Å². The van der Waals surface area contributed by atoms with Crippen molar-refractivity contribution in [3.63, 3.8) is 0 Å². The molecule has 2 aliphatic carbocycles. The maximum Gasteiger partial charge on any atom is 0.251 e. The molecule has 0 bridgehead atoms. The fraction of sp³-hybridized carbons (Fsp3) is 0.429. The van der Waals surface area contributed by atoms with Gasteiger partial charge in [-0.2, -0.15) is 0 Å². The number of anilines is 1. The molecule has 0 atom stereocenters. The standard InChI is InChI=1S/C21H24N6O/c1-12(2)27-11-22-17-19(23-15-7-8-15)25-18(26-20(17)27)13-3-5-14(6-4-13)21(28)24-16-9-10-16/h3-6,11-12,15-16H,7-10H2,1-2H3,(H,24,28)(H,23,25,26). The van der Waals surface area contributed by atoms with Crippen molar-refractivity contribution < 1.29 is 4.79 Å². The van der Waals surface area contributed by atoms with E-state index in [4.69, 9.17) is 9.97 Å². The molecular weight excluding hydrogens is 352 g/mol. The molecule has 2 saturated carbocycles. The maximum absolute atomic E-state index is 12.2. The summed E-state index contributed by atoms with van der Waals surface area (Å²) in [5, 5.41) is 6.50. The number of carbonyl (C=O) groups excluding carboxylic acids is 1. The summed E-state index contributed by atoms with van der Waals surface area (Å²) in [5.74, 6) is 1.42. The molecule has 2 fully saturated rings. The largest absolute Gasteiger partial charge is 0.365 e. The lowest BCUT2D eigenvalue weighted by Crippen LogP contribution is -2.25. The minimum Gasteiger partial charge on any atom is -0.365 e. The summed E-state index contributed by atoms with van der Waals surface area (Å²) in [6.07, 6.45) is 6.32. The van der Waals surface area contributed by atoms with Crippen LogP contribution in [0.15, 0.2) is 30.6 Å². The lowest BCUT2D eigenvalue weighted by atomic mass is 10.1. The zero-order chi connectivity index (χ0) is 19.3. The molecule has 0 spiro atoms. The lowest BCUT2D eigenvalue weighted by Gasteiger charge is -2.11. The lowest BCUT2D eigenvalue weighted by molar-refractivity contribution is 0.0951. The first-order valence-electron chi connectivity index (χ1n) is 10.0. The molecule has 0 aliphatic heterocycles. The summed E-state index contributed by atoms with van der Waals surface area (Å²) in [5.41, 5.74) is 3.20. The Morgan fingerprint density at radius 3 is 2.43 bits per heavy atom. The van der Waals surface area contributed by atoms with Gasteiger partial charge in [0.25, 0.3) is 5.91 Å². The normalized spacial score (nSPS) is 16.5. The van der Waals surface area contributed by atoms with Gasteiger partial charge in [-0.05, 0) is 51.7 Å². The van der Waals surface area contributed by atoms with Crippen molar-refractivity contribution in [2.45, 2.75) is 57.7 Å². The predicted molar refractivity (Wildman–Crippen MR) is 108 cm³/mol. The number of nitrogens with zero attached hydrogens (tertiary/aromatic N) is 4. The topological polar surface area (TPSA) is 84.7 Å². The van der Waals surface area contributed by atoms with Crippen molar-refractivity contribution in [3.05, 3.63) is 36.2 Å². The molecule has 2 N–H and O–H groups in total. The van der Waals surface area contributed by atoms with E-state index in [-0.39, 0.29) is 11.9 Å². The van der Waals surface area contributed by atoms with Crippen LogP contribution in [0.5, 0.6) is 0 Å². The Morgan fingerprint density at radius 1 is 1.07 bits per heavy atom. The first-order chi connectivity index (χ1) is 13.6. The van der Waals surface area contributed by atoms with E-state index in [1.807, 2.05) is 30.6 Å². The van der Waals surface area contributed by atoms with E-state index < -0.39 is 0 Å². The minimum absolute atomic E-state index is 0.0145. The van der Waals surface area contributed by atoms with Crippen molar-refractivity contribution >= 4 is 22.9 Å². The van der Waals surface area contributed by atoms with Gasteiger partial charge >= 0.3 is 0 Å². The number of nitrogens with one attached hydrogen (secondary N) is 2. The number of rotatable bonds is 6. The molecule has 0 unspecified atom stereocenters. The number of fused-ring (bicyclic) bond motifs is 1. The highest BCUT2D eigenvalue weighted by atomic mass is 16.1. The van der Waals surface area contributed by atoms with Crippen molar-refractivity contribution in [1.29, 1.82) is 0 Å². The van der Waals surface area contributed by atoms with Crippen LogP contribution in [0.2, 0.25) is 0 Å². The second-order valence-corrected chi connectivity index (χ2v) is 8.06. The highest BCUT2D eigenvalue weighted by Gasteiger charge is 2.25. The number of hydrogen-bond donors (Lipinski definition) is 2. The average molecular weight is 376 g/mol. The van der Waals surface area contributed by atoms with Crippen LogP contribution >= 0.6 is 0 Å². The Labute approximate surface area is 163 Å². The molecule has 0 radical (unpaired) electrons. The van der Waals surface area contributed by atoms with Crippen LogP contribution in [-0.4, -0.2) is 37.5 Å². The van der Waals surface area contributed by atoms with E-state index in [9.17, 15) is 4.79 Å².